The maximum absolute atomic E-state index is 12.7. The zero-order valence-corrected chi connectivity index (χ0v) is 11.4. The van der Waals surface area contributed by atoms with Crippen molar-refractivity contribution in [2.45, 2.75) is 44.9 Å². The molecule has 0 heterocycles. The fraction of sp³-hybridized carbons (Fsp3) is 0.471. The van der Waals surface area contributed by atoms with E-state index in [2.05, 4.69) is 25.6 Å². The van der Waals surface area contributed by atoms with Crippen molar-refractivity contribution in [3.63, 3.8) is 0 Å². The number of hydrogen-bond donors (Lipinski definition) is 0. The summed E-state index contributed by atoms with van der Waals surface area (Å²) >= 11 is 0. The number of allylic oxidation sites excluding steroid dienone is 1. The van der Waals surface area contributed by atoms with E-state index in [9.17, 15) is 4.79 Å². The highest BCUT2D eigenvalue weighted by Crippen LogP contribution is 2.40. The van der Waals surface area contributed by atoms with Gasteiger partial charge in [0, 0.05) is 5.92 Å². The number of hydrogen-bond acceptors (Lipinski definition) is 1. The van der Waals surface area contributed by atoms with Crippen molar-refractivity contribution in [2.75, 3.05) is 0 Å². The van der Waals surface area contributed by atoms with Crippen LogP contribution in [0.4, 0.5) is 0 Å². The van der Waals surface area contributed by atoms with Crippen molar-refractivity contribution >= 4 is 5.78 Å². The summed E-state index contributed by atoms with van der Waals surface area (Å²) in [4.78, 5) is 12.7. The summed E-state index contributed by atoms with van der Waals surface area (Å²) in [6, 6.07) is 10.2. The fourth-order valence-corrected chi connectivity index (χ4v) is 3.11. The summed E-state index contributed by atoms with van der Waals surface area (Å²) in [5.74, 6) is 0.574. The lowest BCUT2D eigenvalue weighted by Crippen LogP contribution is -2.41. The van der Waals surface area contributed by atoms with Gasteiger partial charge in [-0.25, -0.2) is 0 Å². The molecule has 0 bridgehead atoms. The Morgan fingerprint density at radius 1 is 1.39 bits per heavy atom. The number of Topliss-reactive ketones (excluding diaryl/α,β-unsaturated/α-hetero) is 1. The second kappa shape index (κ2) is 5.09. The van der Waals surface area contributed by atoms with Crippen LogP contribution >= 0.6 is 0 Å². The van der Waals surface area contributed by atoms with Crippen molar-refractivity contribution < 1.29 is 4.79 Å². The molecule has 1 nitrogen and oxygen atoms in total. The Labute approximate surface area is 110 Å². The lowest BCUT2D eigenvalue weighted by Gasteiger charge is -2.37. The fourth-order valence-electron chi connectivity index (χ4n) is 3.11. The van der Waals surface area contributed by atoms with E-state index >= 15 is 0 Å². The van der Waals surface area contributed by atoms with E-state index in [0.29, 0.717) is 5.78 Å². The van der Waals surface area contributed by atoms with Gasteiger partial charge in [-0.1, -0.05) is 42.3 Å². The maximum Gasteiger partial charge on any atom is 0.146 e. The van der Waals surface area contributed by atoms with E-state index in [4.69, 9.17) is 0 Å². The van der Waals surface area contributed by atoms with Gasteiger partial charge >= 0.3 is 0 Å². The van der Waals surface area contributed by atoms with E-state index in [-0.39, 0.29) is 11.3 Å². The predicted octanol–water partition coefficient (Wildman–Crippen LogP) is 4.28. The molecule has 0 radical (unpaired) electrons. The number of carbonyl (C=O) groups excluding carboxylic acids is 1. The van der Waals surface area contributed by atoms with Crippen LogP contribution in [0.25, 0.3) is 0 Å². The van der Waals surface area contributed by atoms with Crippen LogP contribution < -0.4 is 0 Å². The second-order valence-electron chi connectivity index (χ2n) is 5.81. The molecule has 1 heteroatoms. The molecular weight excluding hydrogens is 220 g/mol. The molecule has 0 saturated heterocycles. The summed E-state index contributed by atoms with van der Waals surface area (Å²) < 4.78 is 0. The van der Waals surface area contributed by atoms with Crippen LogP contribution in [-0.2, 0) is 10.2 Å². The van der Waals surface area contributed by atoms with Gasteiger partial charge < -0.3 is 0 Å². The molecule has 0 aliphatic heterocycles. The van der Waals surface area contributed by atoms with Crippen molar-refractivity contribution in [3.8, 4) is 0 Å². The van der Waals surface area contributed by atoms with E-state index in [1.54, 1.807) is 0 Å². The predicted molar refractivity (Wildman–Crippen MR) is 75.6 cm³/mol. The highest BCUT2D eigenvalue weighted by molar-refractivity contribution is 5.92. The largest absolute Gasteiger partial charge is 0.298 e. The minimum atomic E-state index is -0.292. The number of benzene rings is 1. The van der Waals surface area contributed by atoms with Crippen LogP contribution in [0.15, 0.2) is 42.5 Å². The number of rotatable bonds is 3. The van der Waals surface area contributed by atoms with Crippen LogP contribution in [0.3, 0.4) is 0 Å². The first-order chi connectivity index (χ1) is 8.54. The lowest BCUT2D eigenvalue weighted by molar-refractivity contribution is -0.130. The van der Waals surface area contributed by atoms with Crippen molar-refractivity contribution in [1.82, 2.24) is 0 Å². The highest BCUT2D eigenvalue weighted by Gasteiger charge is 2.41. The quantitative estimate of drug-likeness (QED) is 0.723. The first-order valence-electron chi connectivity index (χ1n) is 6.78. The second-order valence-corrected chi connectivity index (χ2v) is 5.81. The zero-order chi connectivity index (χ0) is 13.2. The van der Waals surface area contributed by atoms with Gasteiger partial charge in [-0.05, 0) is 38.7 Å². The summed E-state index contributed by atoms with van der Waals surface area (Å²) in [5, 5.41) is 0. The van der Waals surface area contributed by atoms with Crippen LogP contribution in [0.5, 0.6) is 0 Å². The van der Waals surface area contributed by atoms with Crippen LogP contribution in [0.1, 0.15) is 45.1 Å². The standard InChI is InChI=1S/C17H22O/c1-13(2)12-14-8-7-11-17(3,16(14)18)15-9-5-4-6-10-15/h4-6,9-10,14H,1,7-8,11-12H2,2-3H3/t14?,17-/m0/s1. The molecule has 2 rings (SSSR count). The first kappa shape index (κ1) is 13.1. The molecule has 1 aliphatic carbocycles. The third kappa shape index (κ3) is 2.40. The van der Waals surface area contributed by atoms with Gasteiger partial charge in [-0.2, -0.15) is 0 Å². The van der Waals surface area contributed by atoms with E-state index in [1.165, 1.54) is 5.56 Å². The smallest absolute Gasteiger partial charge is 0.146 e. The van der Waals surface area contributed by atoms with Gasteiger partial charge in [0.2, 0.25) is 0 Å². The Hall–Kier alpha value is -1.37. The molecule has 0 N–H and O–H groups in total. The molecule has 0 aromatic heterocycles. The minimum Gasteiger partial charge on any atom is -0.298 e. The molecule has 96 valence electrons. The van der Waals surface area contributed by atoms with E-state index in [0.717, 1.165) is 31.3 Å². The van der Waals surface area contributed by atoms with Crippen molar-refractivity contribution in [3.05, 3.63) is 48.0 Å². The summed E-state index contributed by atoms with van der Waals surface area (Å²) in [7, 11) is 0. The van der Waals surface area contributed by atoms with Crippen molar-refractivity contribution in [2.24, 2.45) is 5.92 Å². The molecule has 1 saturated carbocycles. The number of carbonyl (C=O) groups is 1. The van der Waals surface area contributed by atoms with Crippen molar-refractivity contribution in [1.29, 1.82) is 0 Å². The molecule has 1 aliphatic rings. The minimum absolute atomic E-state index is 0.168. The van der Waals surface area contributed by atoms with Gasteiger partial charge in [-0.15, -0.1) is 6.58 Å². The molecule has 1 aromatic rings. The third-order valence-electron chi connectivity index (χ3n) is 4.15. The Kier molecular flexibility index (Phi) is 3.70. The topological polar surface area (TPSA) is 17.1 Å². The van der Waals surface area contributed by atoms with Crippen LogP contribution in [0, 0.1) is 5.92 Å². The lowest BCUT2D eigenvalue weighted by atomic mass is 9.65. The normalized spacial score (nSPS) is 28.1. The van der Waals surface area contributed by atoms with E-state index in [1.807, 2.05) is 25.1 Å². The van der Waals surface area contributed by atoms with Gasteiger partial charge in [0.25, 0.3) is 0 Å². The summed E-state index contributed by atoms with van der Waals surface area (Å²) in [6.07, 6.45) is 3.98. The highest BCUT2D eigenvalue weighted by atomic mass is 16.1. The molecule has 1 unspecified atom stereocenters. The van der Waals surface area contributed by atoms with Gasteiger partial charge in [0.15, 0.2) is 0 Å². The third-order valence-corrected chi connectivity index (χ3v) is 4.15. The van der Waals surface area contributed by atoms with E-state index < -0.39 is 0 Å². The van der Waals surface area contributed by atoms with Crippen LogP contribution in [-0.4, -0.2) is 5.78 Å². The molecular formula is C17H22O. The molecule has 1 fully saturated rings. The van der Waals surface area contributed by atoms with Crippen LogP contribution in [0.2, 0.25) is 0 Å². The number of ketones is 1. The molecule has 2 atom stereocenters. The monoisotopic (exact) mass is 242 g/mol. The van der Waals surface area contributed by atoms with Gasteiger partial charge in [0.1, 0.15) is 5.78 Å². The first-order valence-corrected chi connectivity index (χ1v) is 6.78. The van der Waals surface area contributed by atoms with Gasteiger partial charge in [-0.3, -0.25) is 4.79 Å². The maximum atomic E-state index is 12.7. The molecule has 1 aromatic carbocycles. The molecule has 0 spiro atoms. The zero-order valence-electron chi connectivity index (χ0n) is 11.4. The summed E-state index contributed by atoms with van der Waals surface area (Å²) in [6.45, 7) is 8.07. The Bertz CT molecular complexity index is 446. The van der Waals surface area contributed by atoms with Gasteiger partial charge in [0.05, 0.1) is 5.41 Å². The average Bonchev–Trinajstić information content (AvgIpc) is 2.36. The molecule has 0 amide bonds. The Morgan fingerprint density at radius 2 is 2.06 bits per heavy atom. The summed E-state index contributed by atoms with van der Waals surface area (Å²) in [5.41, 5.74) is 1.99. The Balaban J connectivity index is 2.27. The SMILES string of the molecule is C=C(C)CC1CCC[C@@](C)(c2ccccc2)C1=O. The average molecular weight is 242 g/mol. The molecule has 18 heavy (non-hydrogen) atoms. The Morgan fingerprint density at radius 3 is 2.67 bits per heavy atom.